The van der Waals surface area contributed by atoms with E-state index in [1.54, 1.807) is 12.3 Å². The predicted octanol–water partition coefficient (Wildman–Crippen LogP) is 1.17. The number of rotatable bonds is 4. The van der Waals surface area contributed by atoms with Gasteiger partial charge in [-0.2, -0.15) is 0 Å². The van der Waals surface area contributed by atoms with E-state index in [0.29, 0.717) is 24.4 Å². The summed E-state index contributed by atoms with van der Waals surface area (Å²) >= 11 is 0. The van der Waals surface area contributed by atoms with Gasteiger partial charge in [0.1, 0.15) is 17.7 Å². The fourth-order valence-corrected chi connectivity index (χ4v) is 3.62. The molecule has 3 heterocycles. The van der Waals surface area contributed by atoms with E-state index < -0.39 is 5.91 Å². The molecule has 2 aromatic rings. The molecule has 2 aliphatic heterocycles. The number of hydrogen-bond donors (Lipinski definition) is 2. The number of amides is 2. The lowest BCUT2D eigenvalue weighted by Gasteiger charge is -2.20. The van der Waals surface area contributed by atoms with Crippen LogP contribution in [0.5, 0.6) is 5.75 Å². The number of aromatic nitrogens is 1. The number of carbonyl (C=O) groups is 2. The first kappa shape index (κ1) is 15.2. The van der Waals surface area contributed by atoms with Crippen LogP contribution >= 0.6 is 0 Å². The second-order valence-corrected chi connectivity index (χ2v) is 6.99. The van der Waals surface area contributed by atoms with E-state index in [9.17, 15) is 9.59 Å². The van der Waals surface area contributed by atoms with Crippen molar-refractivity contribution in [3.8, 4) is 5.75 Å². The van der Waals surface area contributed by atoms with Gasteiger partial charge in [-0.05, 0) is 36.4 Å². The van der Waals surface area contributed by atoms with Crippen LogP contribution in [-0.2, 0) is 4.74 Å². The van der Waals surface area contributed by atoms with Crippen LogP contribution in [0, 0.1) is 0 Å². The van der Waals surface area contributed by atoms with Gasteiger partial charge in [-0.25, -0.2) is 9.78 Å². The number of benzene rings is 1. The van der Waals surface area contributed by atoms with Crippen LogP contribution in [0.3, 0.4) is 0 Å². The van der Waals surface area contributed by atoms with Crippen molar-refractivity contribution in [3.05, 3.63) is 30.0 Å². The summed E-state index contributed by atoms with van der Waals surface area (Å²) in [5.41, 5.74) is 5.92. The number of ether oxygens (including phenoxy) is 2. The number of pyridine rings is 1. The molecule has 2 saturated heterocycles. The van der Waals surface area contributed by atoms with Crippen molar-refractivity contribution < 1.29 is 19.1 Å². The number of fused-ring (bicyclic) bond motifs is 2. The molecule has 26 heavy (non-hydrogen) atoms. The number of nitrogens with zero attached hydrogens (tertiary/aromatic N) is 2. The fourth-order valence-electron chi connectivity index (χ4n) is 3.62. The molecule has 2 amide bonds. The largest absolute Gasteiger partial charge is 0.490 e. The summed E-state index contributed by atoms with van der Waals surface area (Å²) in [6.07, 6.45) is 3.30. The third kappa shape index (κ3) is 2.49. The van der Waals surface area contributed by atoms with Gasteiger partial charge >= 0.3 is 6.09 Å². The minimum atomic E-state index is -0.507. The van der Waals surface area contributed by atoms with Crippen molar-refractivity contribution >= 4 is 28.6 Å². The first-order valence-corrected chi connectivity index (χ1v) is 8.70. The minimum absolute atomic E-state index is 0.0355. The Hall–Kier alpha value is -3.03. The SMILES string of the molecule is NC(=O)c1cc2ccnc(N3C[C@@H]4NC(=O)O[C@@H]4C3)c2cc1OC1CC1. The summed E-state index contributed by atoms with van der Waals surface area (Å²) in [6, 6.07) is 5.42. The highest BCUT2D eigenvalue weighted by Gasteiger charge is 2.42. The molecule has 0 radical (unpaired) electrons. The van der Waals surface area contributed by atoms with E-state index in [4.69, 9.17) is 15.2 Å². The van der Waals surface area contributed by atoms with Gasteiger partial charge in [0, 0.05) is 18.1 Å². The highest BCUT2D eigenvalue weighted by atomic mass is 16.6. The van der Waals surface area contributed by atoms with Gasteiger partial charge in [0.15, 0.2) is 0 Å². The number of hydrogen-bond acceptors (Lipinski definition) is 6. The maximum Gasteiger partial charge on any atom is 0.407 e. The molecule has 1 saturated carbocycles. The molecule has 2 atom stereocenters. The minimum Gasteiger partial charge on any atom is -0.490 e. The summed E-state index contributed by atoms with van der Waals surface area (Å²) in [4.78, 5) is 29.8. The standard InChI is InChI=1S/C18H18N4O4/c19-16(23)12-5-9-3-4-20-17(11(9)6-14(12)25-10-1-2-10)22-7-13-15(8-22)26-18(24)21-13/h3-6,10,13,15H,1-2,7-8H2,(H2,19,23)(H,21,24)/t13-,15+/m0/s1. The zero-order valence-electron chi connectivity index (χ0n) is 14.0. The average molecular weight is 354 g/mol. The molecule has 8 nitrogen and oxygen atoms in total. The predicted molar refractivity (Wildman–Crippen MR) is 93.3 cm³/mol. The molecule has 0 spiro atoms. The summed E-state index contributed by atoms with van der Waals surface area (Å²) < 4.78 is 11.2. The highest BCUT2D eigenvalue weighted by Crippen LogP contribution is 2.36. The topological polar surface area (TPSA) is 107 Å². The van der Waals surface area contributed by atoms with Crippen molar-refractivity contribution in [2.45, 2.75) is 31.1 Å². The Balaban J connectivity index is 1.55. The number of anilines is 1. The van der Waals surface area contributed by atoms with Crippen molar-refractivity contribution in [1.29, 1.82) is 0 Å². The van der Waals surface area contributed by atoms with Crippen molar-refractivity contribution in [1.82, 2.24) is 10.3 Å². The maximum atomic E-state index is 11.8. The normalized spacial score (nSPS) is 24.3. The van der Waals surface area contributed by atoms with Gasteiger partial charge < -0.3 is 25.4 Å². The van der Waals surface area contributed by atoms with Crippen LogP contribution in [0.1, 0.15) is 23.2 Å². The Bertz CT molecular complexity index is 911. The lowest BCUT2D eigenvalue weighted by atomic mass is 10.1. The molecule has 3 fully saturated rings. The molecule has 8 heteroatoms. The Morgan fingerprint density at radius 2 is 2.19 bits per heavy atom. The van der Waals surface area contributed by atoms with Crippen molar-refractivity contribution in [2.75, 3.05) is 18.0 Å². The van der Waals surface area contributed by atoms with Crippen LogP contribution in [0.4, 0.5) is 10.6 Å². The summed E-state index contributed by atoms with van der Waals surface area (Å²) in [5, 5.41) is 4.57. The first-order chi connectivity index (χ1) is 12.6. The van der Waals surface area contributed by atoms with E-state index in [-0.39, 0.29) is 24.3 Å². The van der Waals surface area contributed by atoms with Crippen LogP contribution in [-0.4, -0.2) is 48.3 Å². The third-order valence-electron chi connectivity index (χ3n) is 5.05. The Labute approximate surface area is 149 Å². The smallest absolute Gasteiger partial charge is 0.407 e. The molecule has 1 aromatic heterocycles. The molecule has 5 rings (SSSR count). The number of primary amides is 1. The third-order valence-corrected chi connectivity index (χ3v) is 5.05. The van der Waals surface area contributed by atoms with E-state index in [0.717, 1.165) is 29.4 Å². The molecule has 3 aliphatic rings. The first-order valence-electron chi connectivity index (χ1n) is 8.70. The zero-order valence-corrected chi connectivity index (χ0v) is 14.0. The van der Waals surface area contributed by atoms with Gasteiger partial charge in [0.2, 0.25) is 0 Å². The molecule has 0 unspecified atom stereocenters. The Kier molecular flexibility index (Phi) is 3.22. The van der Waals surface area contributed by atoms with Crippen LogP contribution in [0.25, 0.3) is 10.8 Å². The van der Waals surface area contributed by atoms with Crippen molar-refractivity contribution in [2.24, 2.45) is 5.73 Å². The van der Waals surface area contributed by atoms with Gasteiger partial charge in [-0.3, -0.25) is 4.79 Å². The van der Waals surface area contributed by atoms with Gasteiger partial charge in [0.25, 0.3) is 5.91 Å². The van der Waals surface area contributed by atoms with Crippen LogP contribution < -0.4 is 20.7 Å². The van der Waals surface area contributed by atoms with Crippen LogP contribution in [0.2, 0.25) is 0 Å². The summed E-state index contributed by atoms with van der Waals surface area (Å²) in [7, 11) is 0. The van der Waals surface area contributed by atoms with E-state index in [1.807, 2.05) is 12.1 Å². The summed E-state index contributed by atoms with van der Waals surface area (Å²) in [5.74, 6) is 0.782. The lowest BCUT2D eigenvalue weighted by Crippen LogP contribution is -2.32. The molecule has 3 N–H and O–H groups in total. The Morgan fingerprint density at radius 3 is 2.92 bits per heavy atom. The lowest BCUT2D eigenvalue weighted by molar-refractivity contribution is 0.0996. The average Bonchev–Trinajstić information content (AvgIpc) is 3.23. The molecular formula is C18H18N4O4. The molecule has 134 valence electrons. The number of nitrogens with two attached hydrogens (primary N) is 1. The fraction of sp³-hybridized carbons (Fsp3) is 0.389. The van der Waals surface area contributed by atoms with E-state index >= 15 is 0 Å². The Morgan fingerprint density at radius 1 is 1.35 bits per heavy atom. The number of alkyl carbamates (subject to hydrolysis) is 1. The highest BCUT2D eigenvalue weighted by molar-refractivity contribution is 6.03. The summed E-state index contributed by atoms with van der Waals surface area (Å²) in [6.45, 7) is 1.20. The van der Waals surface area contributed by atoms with Gasteiger partial charge in [-0.15, -0.1) is 0 Å². The molecule has 0 bridgehead atoms. The quantitative estimate of drug-likeness (QED) is 0.854. The maximum absolute atomic E-state index is 11.8. The number of nitrogens with one attached hydrogen (secondary N) is 1. The van der Waals surface area contributed by atoms with Crippen molar-refractivity contribution in [3.63, 3.8) is 0 Å². The molecule has 1 aromatic carbocycles. The van der Waals surface area contributed by atoms with E-state index in [2.05, 4.69) is 15.2 Å². The molecule has 1 aliphatic carbocycles. The van der Waals surface area contributed by atoms with Crippen LogP contribution in [0.15, 0.2) is 24.4 Å². The zero-order chi connectivity index (χ0) is 17.8. The number of carbonyl (C=O) groups excluding carboxylic acids is 2. The van der Waals surface area contributed by atoms with Gasteiger partial charge in [0.05, 0.1) is 24.3 Å². The molecular weight excluding hydrogens is 336 g/mol. The second-order valence-electron chi connectivity index (χ2n) is 6.99. The second kappa shape index (κ2) is 5.48. The van der Waals surface area contributed by atoms with Gasteiger partial charge in [-0.1, -0.05) is 0 Å². The van der Waals surface area contributed by atoms with E-state index in [1.165, 1.54) is 0 Å². The monoisotopic (exact) mass is 354 g/mol.